The first kappa shape index (κ1) is 26.7. The molecule has 7 heteroatoms. The van der Waals surface area contributed by atoms with Crippen LogP contribution in [0.15, 0.2) is 51.7 Å². The highest BCUT2D eigenvalue weighted by atomic mass is 16.5. The number of amides is 1. The first-order valence-corrected chi connectivity index (χ1v) is 13.5. The molecule has 1 aliphatic rings. The van der Waals surface area contributed by atoms with E-state index in [0.29, 0.717) is 41.0 Å². The summed E-state index contributed by atoms with van der Waals surface area (Å²) in [5.41, 5.74) is 1.28. The van der Waals surface area contributed by atoms with Crippen LogP contribution in [0.1, 0.15) is 80.6 Å². The number of aromatic hydroxyl groups is 1. The van der Waals surface area contributed by atoms with Crippen LogP contribution in [-0.2, 0) is 0 Å². The maximum absolute atomic E-state index is 13.7. The molecule has 0 saturated carbocycles. The molecule has 1 amide bonds. The average molecular weight is 507 g/mol. The van der Waals surface area contributed by atoms with Gasteiger partial charge in [-0.3, -0.25) is 9.59 Å². The number of hydrogen-bond donors (Lipinski definition) is 1. The number of unbranched alkanes of at least 4 members (excludes halogenated alkanes) is 2. The van der Waals surface area contributed by atoms with Crippen LogP contribution in [0.5, 0.6) is 11.5 Å². The van der Waals surface area contributed by atoms with Gasteiger partial charge in [-0.2, -0.15) is 0 Å². The summed E-state index contributed by atoms with van der Waals surface area (Å²) < 4.78 is 11.6. The van der Waals surface area contributed by atoms with Crippen LogP contribution in [0.4, 0.5) is 0 Å². The number of carbonyl (C=O) groups is 1. The van der Waals surface area contributed by atoms with Crippen LogP contribution in [0, 0.1) is 0 Å². The molecule has 1 N–H and O–H groups in total. The normalized spacial score (nSPS) is 15.1. The minimum atomic E-state index is -0.608. The Bertz CT molecular complexity index is 1280. The van der Waals surface area contributed by atoms with Crippen LogP contribution in [0.2, 0.25) is 0 Å². The highest BCUT2D eigenvalue weighted by Crippen LogP contribution is 2.40. The summed E-state index contributed by atoms with van der Waals surface area (Å²) in [5.74, 6) is 0.183. The number of carbonyl (C=O) groups excluding carboxylic acids is 1. The highest BCUT2D eigenvalue weighted by Gasteiger charge is 2.42. The Morgan fingerprint density at radius 2 is 1.68 bits per heavy atom. The summed E-state index contributed by atoms with van der Waals surface area (Å²) >= 11 is 0. The lowest BCUT2D eigenvalue weighted by atomic mass is 9.98. The van der Waals surface area contributed by atoms with Gasteiger partial charge in [-0.05, 0) is 75.6 Å². The molecular weight excluding hydrogens is 468 g/mol. The minimum absolute atomic E-state index is 0.0229. The predicted molar refractivity (Wildman–Crippen MR) is 146 cm³/mol. The van der Waals surface area contributed by atoms with Gasteiger partial charge in [0.15, 0.2) is 16.9 Å². The third-order valence-electron chi connectivity index (χ3n) is 7.00. The van der Waals surface area contributed by atoms with Gasteiger partial charge in [0.05, 0.1) is 23.6 Å². The summed E-state index contributed by atoms with van der Waals surface area (Å²) in [6.07, 6.45) is 5.38. The average Bonchev–Trinajstić information content (AvgIpc) is 3.18. The summed E-state index contributed by atoms with van der Waals surface area (Å²) in [4.78, 5) is 31.6. The molecule has 1 unspecified atom stereocenters. The lowest BCUT2D eigenvalue weighted by molar-refractivity contribution is 0.0719. The van der Waals surface area contributed by atoms with Crippen molar-refractivity contribution in [1.29, 1.82) is 0 Å². The largest absolute Gasteiger partial charge is 0.504 e. The van der Waals surface area contributed by atoms with Crippen molar-refractivity contribution in [2.24, 2.45) is 0 Å². The van der Waals surface area contributed by atoms with Gasteiger partial charge in [-0.15, -0.1) is 0 Å². The van der Waals surface area contributed by atoms with Gasteiger partial charge >= 0.3 is 0 Å². The molecule has 7 nitrogen and oxygen atoms in total. The number of phenolic OH excluding ortho intramolecular Hbond substituents is 1. The SMILES string of the molecule is CCCCN(CCCC)CCCN1C(=O)c2oc3ccccc3c(=O)c2C1c1ccc(O)c(OCC)c1. The molecule has 3 aromatic rings. The molecule has 1 atom stereocenters. The first-order valence-electron chi connectivity index (χ1n) is 13.5. The Labute approximate surface area is 218 Å². The standard InChI is InChI=1S/C30H38N2O5/c1-4-7-16-31(17-8-5-2)18-11-19-32-27(21-14-15-23(33)25(20-21)36-6-3)26-28(34)22-12-9-10-13-24(22)37-29(26)30(32)35/h9-10,12-15,20,27,33H,4-8,11,16-19H2,1-3H3. The summed E-state index contributed by atoms with van der Waals surface area (Å²) in [6.45, 7) is 10.1. The fraction of sp³-hybridized carbons (Fsp3) is 0.467. The second kappa shape index (κ2) is 12.3. The second-order valence-electron chi connectivity index (χ2n) is 9.63. The number of para-hydroxylation sites is 1. The van der Waals surface area contributed by atoms with E-state index < -0.39 is 6.04 Å². The van der Waals surface area contributed by atoms with Crippen molar-refractivity contribution >= 4 is 16.9 Å². The second-order valence-corrected chi connectivity index (χ2v) is 9.63. The van der Waals surface area contributed by atoms with E-state index in [0.717, 1.165) is 51.7 Å². The Hall–Kier alpha value is -3.32. The third-order valence-corrected chi connectivity index (χ3v) is 7.00. The van der Waals surface area contributed by atoms with Gasteiger partial charge in [-0.25, -0.2) is 0 Å². The molecule has 37 heavy (non-hydrogen) atoms. The van der Waals surface area contributed by atoms with Gasteiger partial charge in [-0.1, -0.05) is 44.9 Å². The lowest BCUT2D eigenvalue weighted by Gasteiger charge is -2.27. The van der Waals surface area contributed by atoms with E-state index in [9.17, 15) is 14.7 Å². The zero-order valence-corrected chi connectivity index (χ0v) is 22.2. The zero-order chi connectivity index (χ0) is 26.4. The maximum atomic E-state index is 13.7. The van der Waals surface area contributed by atoms with Crippen molar-refractivity contribution in [2.45, 2.75) is 58.9 Å². The molecule has 1 aliphatic heterocycles. The molecular formula is C30H38N2O5. The minimum Gasteiger partial charge on any atom is -0.504 e. The van der Waals surface area contributed by atoms with Crippen LogP contribution < -0.4 is 10.2 Å². The van der Waals surface area contributed by atoms with E-state index in [4.69, 9.17) is 9.15 Å². The summed E-state index contributed by atoms with van der Waals surface area (Å²) in [6, 6.07) is 11.5. The molecule has 0 aliphatic carbocycles. The van der Waals surface area contributed by atoms with E-state index in [-0.39, 0.29) is 22.8 Å². The van der Waals surface area contributed by atoms with Gasteiger partial charge in [0.1, 0.15) is 5.58 Å². The Morgan fingerprint density at radius 1 is 0.973 bits per heavy atom. The molecule has 1 aromatic heterocycles. The van der Waals surface area contributed by atoms with E-state index in [1.54, 1.807) is 47.4 Å². The van der Waals surface area contributed by atoms with E-state index in [2.05, 4.69) is 18.7 Å². The highest BCUT2D eigenvalue weighted by molar-refractivity contribution is 5.99. The molecule has 2 heterocycles. The first-order chi connectivity index (χ1) is 18.0. The van der Waals surface area contributed by atoms with Gasteiger partial charge in [0.25, 0.3) is 5.91 Å². The lowest BCUT2D eigenvalue weighted by Crippen LogP contribution is -2.34. The number of fused-ring (bicyclic) bond motifs is 2. The van der Waals surface area contributed by atoms with Crippen molar-refractivity contribution in [3.63, 3.8) is 0 Å². The van der Waals surface area contributed by atoms with Crippen molar-refractivity contribution in [2.75, 3.05) is 32.8 Å². The Balaban J connectivity index is 1.70. The quantitative estimate of drug-likeness (QED) is 0.319. The van der Waals surface area contributed by atoms with Crippen LogP contribution >= 0.6 is 0 Å². The monoisotopic (exact) mass is 506 g/mol. The number of benzene rings is 2. The van der Waals surface area contributed by atoms with E-state index >= 15 is 0 Å². The molecule has 2 aromatic carbocycles. The van der Waals surface area contributed by atoms with Gasteiger partial charge in [0.2, 0.25) is 5.76 Å². The Morgan fingerprint density at radius 3 is 2.38 bits per heavy atom. The molecule has 0 fully saturated rings. The number of ether oxygens (including phenoxy) is 1. The van der Waals surface area contributed by atoms with Crippen LogP contribution in [-0.4, -0.2) is 53.6 Å². The maximum Gasteiger partial charge on any atom is 0.290 e. The number of hydrogen-bond acceptors (Lipinski definition) is 6. The predicted octanol–water partition coefficient (Wildman–Crippen LogP) is 5.73. The fourth-order valence-electron chi connectivity index (χ4n) is 5.08. The molecule has 0 spiro atoms. The fourth-order valence-corrected chi connectivity index (χ4v) is 5.08. The van der Waals surface area contributed by atoms with Crippen LogP contribution in [0.3, 0.4) is 0 Å². The number of phenols is 1. The molecule has 198 valence electrons. The molecule has 0 radical (unpaired) electrons. The molecule has 0 bridgehead atoms. The summed E-state index contributed by atoms with van der Waals surface area (Å²) in [5, 5.41) is 10.7. The van der Waals surface area contributed by atoms with Gasteiger partial charge < -0.3 is 24.1 Å². The smallest absolute Gasteiger partial charge is 0.290 e. The molecule has 4 rings (SSSR count). The van der Waals surface area contributed by atoms with E-state index in [1.807, 2.05) is 6.92 Å². The summed E-state index contributed by atoms with van der Waals surface area (Å²) in [7, 11) is 0. The van der Waals surface area contributed by atoms with E-state index in [1.165, 1.54) is 0 Å². The Kier molecular flexibility index (Phi) is 8.87. The number of rotatable bonds is 13. The van der Waals surface area contributed by atoms with Crippen molar-refractivity contribution in [1.82, 2.24) is 9.80 Å². The van der Waals surface area contributed by atoms with Crippen molar-refractivity contribution in [3.05, 3.63) is 69.6 Å². The van der Waals surface area contributed by atoms with Crippen molar-refractivity contribution < 1.29 is 19.1 Å². The zero-order valence-electron chi connectivity index (χ0n) is 22.2. The van der Waals surface area contributed by atoms with Gasteiger partial charge in [0, 0.05) is 6.54 Å². The van der Waals surface area contributed by atoms with Crippen LogP contribution in [0.25, 0.3) is 11.0 Å². The number of nitrogens with zero attached hydrogens (tertiary/aromatic N) is 2. The topological polar surface area (TPSA) is 83.2 Å². The van der Waals surface area contributed by atoms with Crippen molar-refractivity contribution in [3.8, 4) is 11.5 Å². The third kappa shape index (κ3) is 5.67. The molecule has 0 saturated heterocycles.